The van der Waals surface area contributed by atoms with Crippen molar-refractivity contribution in [2.45, 2.75) is 32.6 Å². The highest BCUT2D eigenvalue weighted by molar-refractivity contribution is 5.45. The number of fused-ring (bicyclic) bond motifs is 1. The van der Waals surface area contributed by atoms with Crippen LogP contribution in [0.25, 0.3) is 0 Å². The van der Waals surface area contributed by atoms with Gasteiger partial charge in [0.1, 0.15) is 0 Å². The van der Waals surface area contributed by atoms with Crippen LogP contribution in [0.3, 0.4) is 0 Å². The Morgan fingerprint density at radius 3 is 2.77 bits per heavy atom. The molecule has 1 aliphatic carbocycles. The topological polar surface area (TPSA) is 20.2 Å². The summed E-state index contributed by atoms with van der Waals surface area (Å²) in [5, 5.41) is 9.39. The molecule has 0 atom stereocenters. The van der Waals surface area contributed by atoms with Gasteiger partial charge < -0.3 is 5.11 Å². The van der Waals surface area contributed by atoms with Crippen molar-refractivity contribution in [3.05, 3.63) is 28.6 Å². The van der Waals surface area contributed by atoms with Gasteiger partial charge >= 0.3 is 0 Å². The predicted molar refractivity (Wildman–Crippen MR) is 49.4 cm³/mol. The number of aryl methyl sites for hydroxylation is 1. The molecular weight excluding hydrogens is 167 g/mol. The molecule has 0 fully saturated rings. The number of halogens is 1. The molecule has 2 rings (SSSR count). The summed E-state index contributed by atoms with van der Waals surface area (Å²) in [6, 6.07) is 1.48. The number of aromatic hydroxyl groups is 1. The van der Waals surface area contributed by atoms with Gasteiger partial charge in [0.25, 0.3) is 0 Å². The van der Waals surface area contributed by atoms with E-state index in [2.05, 4.69) is 0 Å². The van der Waals surface area contributed by atoms with E-state index in [1.807, 2.05) is 0 Å². The first-order valence-electron chi connectivity index (χ1n) is 4.70. The van der Waals surface area contributed by atoms with Gasteiger partial charge in [0.15, 0.2) is 11.6 Å². The predicted octanol–water partition coefficient (Wildman–Crippen LogP) is 2.72. The maximum atomic E-state index is 13.1. The summed E-state index contributed by atoms with van der Waals surface area (Å²) in [6.07, 6.45) is 4.22. The molecule has 70 valence electrons. The molecule has 0 amide bonds. The summed E-state index contributed by atoms with van der Waals surface area (Å²) in [4.78, 5) is 0. The summed E-state index contributed by atoms with van der Waals surface area (Å²) >= 11 is 0. The summed E-state index contributed by atoms with van der Waals surface area (Å²) in [7, 11) is 0. The van der Waals surface area contributed by atoms with Gasteiger partial charge in [-0.2, -0.15) is 0 Å². The SMILES string of the molecule is Cc1c(O)c(F)cc2c1CCCC2. The van der Waals surface area contributed by atoms with Crippen LogP contribution in [0.1, 0.15) is 29.5 Å². The molecule has 0 unspecified atom stereocenters. The van der Waals surface area contributed by atoms with Crippen molar-refractivity contribution in [2.75, 3.05) is 0 Å². The zero-order valence-electron chi connectivity index (χ0n) is 7.73. The molecular formula is C11H13FO. The van der Waals surface area contributed by atoms with E-state index in [4.69, 9.17) is 0 Å². The van der Waals surface area contributed by atoms with E-state index in [0.717, 1.165) is 42.4 Å². The Morgan fingerprint density at radius 1 is 1.31 bits per heavy atom. The minimum absolute atomic E-state index is 0.166. The van der Waals surface area contributed by atoms with Crippen molar-refractivity contribution in [3.63, 3.8) is 0 Å². The van der Waals surface area contributed by atoms with Crippen LogP contribution in [0.5, 0.6) is 5.75 Å². The fourth-order valence-electron chi connectivity index (χ4n) is 2.06. The average Bonchev–Trinajstić information content (AvgIpc) is 2.15. The van der Waals surface area contributed by atoms with E-state index in [1.54, 1.807) is 6.92 Å². The highest BCUT2D eigenvalue weighted by Gasteiger charge is 2.16. The van der Waals surface area contributed by atoms with Crippen molar-refractivity contribution >= 4 is 0 Å². The van der Waals surface area contributed by atoms with Gasteiger partial charge in [0, 0.05) is 0 Å². The third-order valence-electron chi connectivity index (χ3n) is 2.85. The molecule has 0 saturated heterocycles. The fourth-order valence-corrected chi connectivity index (χ4v) is 2.06. The third kappa shape index (κ3) is 1.30. The Hall–Kier alpha value is -1.05. The maximum Gasteiger partial charge on any atom is 0.165 e. The number of phenols is 1. The Kier molecular flexibility index (Phi) is 1.98. The summed E-state index contributed by atoms with van der Waals surface area (Å²) in [6.45, 7) is 1.79. The summed E-state index contributed by atoms with van der Waals surface area (Å²) < 4.78 is 13.1. The Labute approximate surface area is 77.2 Å². The molecule has 1 aromatic carbocycles. The lowest BCUT2D eigenvalue weighted by atomic mass is 9.88. The highest BCUT2D eigenvalue weighted by atomic mass is 19.1. The molecule has 0 radical (unpaired) electrons. The van der Waals surface area contributed by atoms with Crippen LogP contribution in [-0.4, -0.2) is 5.11 Å². The quantitative estimate of drug-likeness (QED) is 0.650. The summed E-state index contributed by atoms with van der Waals surface area (Å²) in [5.74, 6) is -0.640. The van der Waals surface area contributed by atoms with Gasteiger partial charge in [-0.3, -0.25) is 0 Å². The van der Waals surface area contributed by atoms with Crippen LogP contribution >= 0.6 is 0 Å². The normalized spacial score (nSPS) is 15.5. The first kappa shape index (κ1) is 8.54. The summed E-state index contributed by atoms with van der Waals surface area (Å²) in [5.41, 5.74) is 2.97. The van der Waals surface area contributed by atoms with E-state index in [9.17, 15) is 9.50 Å². The molecule has 2 heteroatoms. The van der Waals surface area contributed by atoms with E-state index in [1.165, 1.54) is 6.07 Å². The molecule has 1 aromatic rings. The molecule has 0 saturated carbocycles. The lowest BCUT2D eigenvalue weighted by Gasteiger charge is -2.18. The Morgan fingerprint density at radius 2 is 2.00 bits per heavy atom. The minimum Gasteiger partial charge on any atom is -0.505 e. The second kappa shape index (κ2) is 3.02. The van der Waals surface area contributed by atoms with Crippen LogP contribution in [0.4, 0.5) is 4.39 Å². The Bertz CT molecular complexity index is 344. The number of hydrogen-bond donors (Lipinski definition) is 1. The van der Waals surface area contributed by atoms with Crippen molar-refractivity contribution in [1.82, 2.24) is 0 Å². The number of hydrogen-bond acceptors (Lipinski definition) is 1. The van der Waals surface area contributed by atoms with Crippen LogP contribution in [0, 0.1) is 12.7 Å². The lowest BCUT2D eigenvalue weighted by molar-refractivity contribution is 0.425. The number of phenolic OH excluding ortho intramolecular Hbond substituents is 1. The van der Waals surface area contributed by atoms with E-state index in [-0.39, 0.29) is 5.75 Å². The van der Waals surface area contributed by atoms with Gasteiger partial charge in [-0.15, -0.1) is 0 Å². The van der Waals surface area contributed by atoms with Crippen molar-refractivity contribution < 1.29 is 9.50 Å². The molecule has 0 aliphatic heterocycles. The molecule has 0 heterocycles. The van der Waals surface area contributed by atoms with Crippen molar-refractivity contribution in [3.8, 4) is 5.75 Å². The molecule has 0 aromatic heterocycles. The first-order chi connectivity index (χ1) is 6.20. The second-order valence-corrected chi connectivity index (χ2v) is 3.68. The monoisotopic (exact) mass is 180 g/mol. The van der Waals surface area contributed by atoms with Gasteiger partial charge in [-0.05, 0) is 55.4 Å². The van der Waals surface area contributed by atoms with Crippen LogP contribution < -0.4 is 0 Å². The molecule has 1 nitrogen and oxygen atoms in total. The van der Waals surface area contributed by atoms with Gasteiger partial charge in [0.2, 0.25) is 0 Å². The smallest absolute Gasteiger partial charge is 0.165 e. The van der Waals surface area contributed by atoms with E-state index in [0.29, 0.717) is 0 Å². The zero-order valence-corrected chi connectivity index (χ0v) is 7.73. The largest absolute Gasteiger partial charge is 0.505 e. The van der Waals surface area contributed by atoms with Crippen molar-refractivity contribution in [1.29, 1.82) is 0 Å². The van der Waals surface area contributed by atoms with E-state index < -0.39 is 5.82 Å². The van der Waals surface area contributed by atoms with Crippen LogP contribution in [0.15, 0.2) is 6.07 Å². The van der Waals surface area contributed by atoms with Crippen molar-refractivity contribution in [2.24, 2.45) is 0 Å². The average molecular weight is 180 g/mol. The van der Waals surface area contributed by atoms with Gasteiger partial charge in [-0.25, -0.2) is 4.39 Å². The number of benzene rings is 1. The minimum atomic E-state index is -0.474. The van der Waals surface area contributed by atoms with Crippen LogP contribution in [-0.2, 0) is 12.8 Å². The van der Waals surface area contributed by atoms with Gasteiger partial charge in [0.05, 0.1) is 0 Å². The number of rotatable bonds is 0. The molecule has 0 bridgehead atoms. The standard InChI is InChI=1S/C11H13FO/c1-7-9-5-3-2-4-8(9)6-10(12)11(7)13/h6,13H,2-5H2,1H3. The third-order valence-corrected chi connectivity index (χ3v) is 2.85. The molecule has 1 aliphatic rings. The molecule has 1 N–H and O–H groups in total. The van der Waals surface area contributed by atoms with Crippen LogP contribution in [0.2, 0.25) is 0 Å². The van der Waals surface area contributed by atoms with Gasteiger partial charge in [-0.1, -0.05) is 0 Å². The zero-order chi connectivity index (χ0) is 9.42. The van der Waals surface area contributed by atoms with E-state index >= 15 is 0 Å². The Balaban J connectivity index is 2.60. The fraction of sp³-hybridized carbons (Fsp3) is 0.455. The molecule has 0 spiro atoms. The highest BCUT2D eigenvalue weighted by Crippen LogP contribution is 2.31. The lowest BCUT2D eigenvalue weighted by Crippen LogP contribution is -2.05. The maximum absolute atomic E-state index is 13.1. The first-order valence-corrected chi connectivity index (χ1v) is 4.70. The second-order valence-electron chi connectivity index (χ2n) is 3.68. The molecule has 13 heavy (non-hydrogen) atoms.